The molecule has 2 bridgehead atoms. The zero-order chi connectivity index (χ0) is 13.9. The molecule has 1 aromatic carbocycles. The highest BCUT2D eigenvalue weighted by Crippen LogP contribution is 2.27. The lowest BCUT2D eigenvalue weighted by atomic mass is 9.84. The Bertz CT molecular complexity index is 469. The largest absolute Gasteiger partial charge is 0.484 e. The first-order valence-corrected chi connectivity index (χ1v) is 7.48. The van der Waals surface area contributed by atoms with Crippen molar-refractivity contribution in [1.29, 1.82) is 0 Å². The van der Waals surface area contributed by atoms with Gasteiger partial charge in [0.2, 0.25) is 0 Å². The molecule has 0 spiro atoms. The molecule has 3 aliphatic heterocycles. The molecule has 1 atom stereocenters. The van der Waals surface area contributed by atoms with Gasteiger partial charge < -0.3 is 15.0 Å². The third-order valence-corrected chi connectivity index (χ3v) is 4.44. The van der Waals surface area contributed by atoms with Gasteiger partial charge in [0.25, 0.3) is 5.91 Å². The molecule has 4 nitrogen and oxygen atoms in total. The monoisotopic (exact) mass is 294 g/mol. The van der Waals surface area contributed by atoms with Crippen molar-refractivity contribution < 1.29 is 9.53 Å². The first kappa shape index (κ1) is 13.7. The SMILES string of the molecule is O=C(COc1ccc(Cl)cc1)N[C@@H]1CN2CCC1CC2. The molecule has 0 aromatic heterocycles. The van der Waals surface area contributed by atoms with Crippen LogP contribution in [0.5, 0.6) is 5.75 Å². The van der Waals surface area contributed by atoms with Crippen molar-refractivity contribution in [3.8, 4) is 5.75 Å². The number of amides is 1. The number of carbonyl (C=O) groups is 1. The van der Waals surface area contributed by atoms with E-state index in [9.17, 15) is 4.79 Å². The zero-order valence-corrected chi connectivity index (χ0v) is 12.1. The van der Waals surface area contributed by atoms with Crippen molar-refractivity contribution in [2.45, 2.75) is 18.9 Å². The van der Waals surface area contributed by atoms with Crippen molar-refractivity contribution in [2.24, 2.45) is 5.92 Å². The molecule has 4 rings (SSSR count). The van der Waals surface area contributed by atoms with E-state index in [1.54, 1.807) is 24.3 Å². The lowest BCUT2D eigenvalue weighted by Crippen LogP contribution is -2.57. The number of rotatable bonds is 4. The Hall–Kier alpha value is -1.26. The molecule has 20 heavy (non-hydrogen) atoms. The van der Waals surface area contributed by atoms with Crippen molar-refractivity contribution in [3.63, 3.8) is 0 Å². The topological polar surface area (TPSA) is 41.6 Å². The summed E-state index contributed by atoms with van der Waals surface area (Å²) < 4.78 is 5.46. The summed E-state index contributed by atoms with van der Waals surface area (Å²) in [5, 5.41) is 3.76. The number of ether oxygens (including phenoxy) is 1. The Morgan fingerprint density at radius 3 is 2.60 bits per heavy atom. The molecule has 1 amide bonds. The van der Waals surface area contributed by atoms with Gasteiger partial charge in [-0.1, -0.05) is 11.6 Å². The third kappa shape index (κ3) is 3.25. The molecule has 3 heterocycles. The quantitative estimate of drug-likeness (QED) is 0.922. The van der Waals surface area contributed by atoms with Crippen LogP contribution in [0.2, 0.25) is 5.02 Å². The number of benzene rings is 1. The molecule has 0 saturated carbocycles. The summed E-state index contributed by atoms with van der Waals surface area (Å²) in [6, 6.07) is 7.33. The summed E-state index contributed by atoms with van der Waals surface area (Å²) in [5.41, 5.74) is 0. The van der Waals surface area contributed by atoms with E-state index >= 15 is 0 Å². The van der Waals surface area contributed by atoms with E-state index in [1.807, 2.05) is 0 Å². The maximum absolute atomic E-state index is 11.9. The molecule has 1 aromatic rings. The van der Waals surface area contributed by atoms with Gasteiger partial charge in [-0.15, -0.1) is 0 Å². The zero-order valence-electron chi connectivity index (χ0n) is 11.3. The number of hydrogen-bond acceptors (Lipinski definition) is 3. The van der Waals surface area contributed by atoms with Gasteiger partial charge in [0.15, 0.2) is 6.61 Å². The van der Waals surface area contributed by atoms with E-state index in [1.165, 1.54) is 25.9 Å². The van der Waals surface area contributed by atoms with Gasteiger partial charge in [-0.25, -0.2) is 0 Å². The maximum atomic E-state index is 11.9. The number of halogens is 1. The van der Waals surface area contributed by atoms with Crippen LogP contribution < -0.4 is 10.1 Å². The summed E-state index contributed by atoms with van der Waals surface area (Å²) in [4.78, 5) is 14.4. The van der Waals surface area contributed by atoms with Crippen LogP contribution in [0.15, 0.2) is 24.3 Å². The Morgan fingerprint density at radius 2 is 2.00 bits per heavy atom. The van der Waals surface area contributed by atoms with Gasteiger partial charge in [0.1, 0.15) is 5.75 Å². The van der Waals surface area contributed by atoms with Crippen LogP contribution in [-0.4, -0.2) is 43.1 Å². The van der Waals surface area contributed by atoms with Gasteiger partial charge in [-0.3, -0.25) is 4.79 Å². The number of hydrogen-bond donors (Lipinski definition) is 1. The Morgan fingerprint density at radius 1 is 1.30 bits per heavy atom. The number of nitrogens with zero attached hydrogens (tertiary/aromatic N) is 1. The summed E-state index contributed by atoms with van der Waals surface area (Å²) >= 11 is 5.80. The van der Waals surface area contributed by atoms with Crippen LogP contribution >= 0.6 is 11.6 Å². The smallest absolute Gasteiger partial charge is 0.258 e. The normalized spacial score (nSPS) is 28.1. The fourth-order valence-corrected chi connectivity index (χ4v) is 3.18. The Kier molecular flexibility index (Phi) is 4.13. The summed E-state index contributed by atoms with van der Waals surface area (Å²) in [6.45, 7) is 3.40. The molecule has 3 saturated heterocycles. The average molecular weight is 295 g/mol. The molecule has 108 valence electrons. The standard InChI is InChI=1S/C15H19ClN2O2/c16-12-1-3-13(4-2-12)20-10-15(19)17-14-9-18-7-5-11(14)6-8-18/h1-4,11,14H,5-10H2,(H,17,19)/t14-/m1/s1. The predicted molar refractivity (Wildman–Crippen MR) is 78.0 cm³/mol. The highest BCUT2D eigenvalue weighted by atomic mass is 35.5. The van der Waals surface area contributed by atoms with Crippen LogP contribution in [0, 0.1) is 5.92 Å². The van der Waals surface area contributed by atoms with Gasteiger partial charge in [0, 0.05) is 17.6 Å². The van der Waals surface area contributed by atoms with E-state index in [-0.39, 0.29) is 12.5 Å². The van der Waals surface area contributed by atoms with Crippen molar-refractivity contribution >= 4 is 17.5 Å². The molecular weight excluding hydrogens is 276 g/mol. The van der Waals surface area contributed by atoms with Gasteiger partial charge in [-0.2, -0.15) is 0 Å². The fourth-order valence-electron chi connectivity index (χ4n) is 3.06. The van der Waals surface area contributed by atoms with Crippen LogP contribution in [0.1, 0.15) is 12.8 Å². The van der Waals surface area contributed by atoms with E-state index in [2.05, 4.69) is 10.2 Å². The molecule has 0 unspecified atom stereocenters. The lowest BCUT2D eigenvalue weighted by Gasteiger charge is -2.44. The van der Waals surface area contributed by atoms with Crippen LogP contribution in [0.3, 0.4) is 0 Å². The minimum Gasteiger partial charge on any atom is -0.484 e. The fraction of sp³-hybridized carbons (Fsp3) is 0.533. The van der Waals surface area contributed by atoms with E-state index < -0.39 is 0 Å². The maximum Gasteiger partial charge on any atom is 0.258 e. The van der Waals surface area contributed by atoms with Gasteiger partial charge >= 0.3 is 0 Å². The molecule has 3 fully saturated rings. The number of piperidine rings is 3. The Labute approximate surface area is 124 Å². The van der Waals surface area contributed by atoms with Crippen LogP contribution in [0.25, 0.3) is 0 Å². The second kappa shape index (κ2) is 6.02. The second-order valence-corrected chi connectivity index (χ2v) is 5.99. The highest BCUT2D eigenvalue weighted by Gasteiger charge is 2.34. The number of nitrogens with one attached hydrogen (secondary N) is 1. The first-order valence-electron chi connectivity index (χ1n) is 7.11. The number of fused-ring (bicyclic) bond motifs is 3. The van der Waals surface area contributed by atoms with Crippen molar-refractivity contribution in [1.82, 2.24) is 10.2 Å². The Balaban J connectivity index is 1.46. The minimum absolute atomic E-state index is 0.0429. The summed E-state index contributed by atoms with van der Waals surface area (Å²) in [6.07, 6.45) is 2.39. The average Bonchev–Trinajstić information content (AvgIpc) is 2.48. The van der Waals surface area contributed by atoms with Crippen LogP contribution in [0.4, 0.5) is 0 Å². The van der Waals surface area contributed by atoms with E-state index in [0.29, 0.717) is 22.7 Å². The van der Waals surface area contributed by atoms with Crippen molar-refractivity contribution in [2.75, 3.05) is 26.2 Å². The van der Waals surface area contributed by atoms with Gasteiger partial charge in [-0.05, 0) is 56.1 Å². The molecule has 1 N–H and O–H groups in total. The molecular formula is C15H19ClN2O2. The highest BCUT2D eigenvalue weighted by molar-refractivity contribution is 6.30. The lowest BCUT2D eigenvalue weighted by molar-refractivity contribution is -0.125. The van der Waals surface area contributed by atoms with E-state index in [0.717, 1.165) is 6.54 Å². The van der Waals surface area contributed by atoms with Crippen LogP contribution in [-0.2, 0) is 4.79 Å². The first-order chi connectivity index (χ1) is 9.70. The van der Waals surface area contributed by atoms with Gasteiger partial charge in [0.05, 0.1) is 0 Å². The third-order valence-electron chi connectivity index (χ3n) is 4.19. The van der Waals surface area contributed by atoms with Crippen molar-refractivity contribution in [3.05, 3.63) is 29.3 Å². The molecule has 3 aliphatic rings. The predicted octanol–water partition coefficient (Wildman–Crippen LogP) is 1.93. The van der Waals surface area contributed by atoms with E-state index in [4.69, 9.17) is 16.3 Å². The molecule has 0 radical (unpaired) electrons. The minimum atomic E-state index is -0.0429. The second-order valence-electron chi connectivity index (χ2n) is 5.55. The molecule has 0 aliphatic carbocycles. The number of carbonyl (C=O) groups excluding carboxylic acids is 1. The summed E-state index contributed by atoms with van der Waals surface area (Å²) in [7, 11) is 0. The molecule has 5 heteroatoms. The summed E-state index contributed by atoms with van der Waals surface area (Å²) in [5.74, 6) is 1.26.